The third-order valence-electron chi connectivity index (χ3n) is 6.79. The summed E-state index contributed by atoms with van der Waals surface area (Å²) < 4.78 is 0. The van der Waals surface area contributed by atoms with E-state index >= 15 is 0 Å². The molecule has 0 unspecified atom stereocenters. The monoisotopic (exact) mass is 428 g/mol. The van der Waals surface area contributed by atoms with Gasteiger partial charge < -0.3 is 0 Å². The molecule has 5 aromatic rings. The van der Waals surface area contributed by atoms with E-state index in [1.54, 1.807) is 0 Å². The average molecular weight is 429 g/mol. The normalized spacial score (nSPS) is 14.0. The Kier molecular flexibility index (Phi) is 3.57. The van der Waals surface area contributed by atoms with Crippen LogP contribution in [0.5, 0.6) is 0 Å². The van der Waals surface area contributed by atoms with Crippen molar-refractivity contribution in [1.82, 2.24) is 9.97 Å². The Balaban J connectivity index is 1.66. The highest BCUT2D eigenvalue weighted by atomic mass is 35.5. The number of hydrogen-bond acceptors (Lipinski definition) is 2. The zero-order valence-corrected chi connectivity index (χ0v) is 17.8. The minimum atomic E-state index is -0.500. The molecule has 0 aliphatic heterocycles. The first-order chi connectivity index (χ1) is 15.8. The summed E-state index contributed by atoms with van der Waals surface area (Å²) in [6.45, 7) is 0. The number of benzene rings is 4. The molecule has 0 radical (unpaired) electrons. The van der Waals surface area contributed by atoms with E-state index in [0.717, 1.165) is 28.2 Å². The van der Waals surface area contributed by atoms with Crippen LogP contribution in [0.1, 0.15) is 22.4 Å². The Hall–Kier alpha value is -3.75. The van der Waals surface area contributed by atoms with Crippen molar-refractivity contribution < 1.29 is 0 Å². The fraction of sp³-hybridized carbons (Fsp3) is 0.0345. The summed E-state index contributed by atoms with van der Waals surface area (Å²) in [7, 11) is 0. The van der Waals surface area contributed by atoms with E-state index in [0.29, 0.717) is 5.15 Å². The largest absolute Gasteiger partial charge is 0.246 e. The van der Waals surface area contributed by atoms with Crippen molar-refractivity contribution in [3.05, 3.63) is 131 Å². The molecular formula is C29H17ClN2. The Labute approximate surface area is 191 Å². The van der Waals surface area contributed by atoms with Crippen molar-refractivity contribution in [3.8, 4) is 33.6 Å². The molecule has 3 heteroatoms. The van der Waals surface area contributed by atoms with Gasteiger partial charge in [0.1, 0.15) is 5.69 Å². The van der Waals surface area contributed by atoms with Crippen molar-refractivity contribution in [2.24, 2.45) is 0 Å². The summed E-state index contributed by atoms with van der Waals surface area (Å²) in [5.74, 6) is 0. The molecule has 0 N–H and O–H groups in total. The smallest absolute Gasteiger partial charge is 0.156 e. The highest BCUT2D eigenvalue weighted by Crippen LogP contribution is 2.62. The van der Waals surface area contributed by atoms with E-state index in [1.807, 2.05) is 30.3 Å². The summed E-state index contributed by atoms with van der Waals surface area (Å²) in [6.07, 6.45) is 0. The highest BCUT2D eigenvalue weighted by molar-refractivity contribution is 6.32. The van der Waals surface area contributed by atoms with Crippen molar-refractivity contribution in [3.63, 3.8) is 0 Å². The molecule has 32 heavy (non-hydrogen) atoms. The molecule has 2 aliphatic carbocycles. The van der Waals surface area contributed by atoms with Gasteiger partial charge in [0.25, 0.3) is 0 Å². The van der Waals surface area contributed by atoms with Gasteiger partial charge in [0.05, 0.1) is 16.8 Å². The van der Waals surface area contributed by atoms with Gasteiger partial charge >= 0.3 is 0 Å². The molecular weight excluding hydrogens is 412 g/mol. The van der Waals surface area contributed by atoms with Crippen molar-refractivity contribution in [1.29, 1.82) is 0 Å². The summed E-state index contributed by atoms with van der Waals surface area (Å²) >= 11 is 6.73. The van der Waals surface area contributed by atoms with E-state index in [2.05, 4.69) is 72.8 Å². The molecule has 0 atom stereocenters. The Morgan fingerprint density at radius 1 is 0.500 bits per heavy atom. The maximum absolute atomic E-state index is 6.73. The first kappa shape index (κ1) is 17.9. The third-order valence-corrected chi connectivity index (χ3v) is 7.06. The van der Waals surface area contributed by atoms with Gasteiger partial charge in [-0.3, -0.25) is 0 Å². The lowest BCUT2D eigenvalue weighted by Crippen LogP contribution is -2.27. The molecule has 7 rings (SSSR count). The SMILES string of the molecule is Clc1nc2c(nc1-c1ccccc1)C1(c3ccccc3-c3ccccc31)c1ccccc1-2. The van der Waals surface area contributed by atoms with Gasteiger partial charge in [-0.1, -0.05) is 115 Å². The van der Waals surface area contributed by atoms with Crippen LogP contribution in [0, 0.1) is 0 Å². The van der Waals surface area contributed by atoms with Crippen LogP contribution in [-0.2, 0) is 5.41 Å². The highest BCUT2D eigenvalue weighted by Gasteiger charge is 2.53. The van der Waals surface area contributed by atoms with E-state index in [9.17, 15) is 0 Å². The number of halogens is 1. The fourth-order valence-corrected chi connectivity index (χ4v) is 5.80. The van der Waals surface area contributed by atoms with Crippen LogP contribution in [0.3, 0.4) is 0 Å². The van der Waals surface area contributed by atoms with Crippen LogP contribution in [0.25, 0.3) is 33.6 Å². The van der Waals surface area contributed by atoms with Crippen LogP contribution in [0.2, 0.25) is 5.15 Å². The summed E-state index contributed by atoms with van der Waals surface area (Å²) in [5.41, 5.74) is 10.4. The van der Waals surface area contributed by atoms with Crippen LogP contribution >= 0.6 is 11.6 Å². The van der Waals surface area contributed by atoms with Gasteiger partial charge in [0, 0.05) is 11.1 Å². The molecule has 2 nitrogen and oxygen atoms in total. The van der Waals surface area contributed by atoms with Gasteiger partial charge in [0.2, 0.25) is 0 Å². The lowest BCUT2D eigenvalue weighted by atomic mass is 9.72. The molecule has 0 amide bonds. The Bertz CT molecular complexity index is 1490. The van der Waals surface area contributed by atoms with E-state index in [1.165, 1.54) is 27.8 Å². The standard InChI is InChI=1S/C29H17ClN2/c30-28-25(18-10-2-1-3-11-18)31-27-26(32-28)21-14-6-9-17-24(21)29(27)22-15-7-4-12-19(22)20-13-5-8-16-23(20)29/h1-17H. The topological polar surface area (TPSA) is 25.8 Å². The predicted molar refractivity (Wildman–Crippen MR) is 129 cm³/mol. The zero-order valence-electron chi connectivity index (χ0n) is 17.1. The first-order valence-electron chi connectivity index (χ1n) is 10.7. The minimum absolute atomic E-state index is 0.432. The quantitative estimate of drug-likeness (QED) is 0.277. The van der Waals surface area contributed by atoms with Gasteiger partial charge in [0.15, 0.2) is 5.15 Å². The summed E-state index contributed by atoms with van der Waals surface area (Å²) in [6, 6.07) is 36.0. The molecule has 1 heterocycles. The molecule has 0 bridgehead atoms. The molecule has 4 aromatic carbocycles. The van der Waals surface area contributed by atoms with Gasteiger partial charge in [-0.15, -0.1) is 0 Å². The second kappa shape index (κ2) is 6.38. The first-order valence-corrected chi connectivity index (χ1v) is 11.1. The van der Waals surface area contributed by atoms with Gasteiger partial charge in [-0.25, -0.2) is 9.97 Å². The van der Waals surface area contributed by atoms with E-state index in [-0.39, 0.29) is 0 Å². The summed E-state index contributed by atoms with van der Waals surface area (Å²) in [5, 5.41) is 0.432. The van der Waals surface area contributed by atoms with E-state index in [4.69, 9.17) is 21.6 Å². The van der Waals surface area contributed by atoms with Crippen LogP contribution in [0.4, 0.5) is 0 Å². The predicted octanol–water partition coefficient (Wildman–Crippen LogP) is 7.14. The van der Waals surface area contributed by atoms with Gasteiger partial charge in [-0.2, -0.15) is 0 Å². The second-order valence-corrected chi connectivity index (χ2v) is 8.67. The summed E-state index contributed by atoms with van der Waals surface area (Å²) in [4.78, 5) is 10.2. The lowest BCUT2D eigenvalue weighted by molar-refractivity contribution is 0.758. The average Bonchev–Trinajstić information content (AvgIpc) is 3.31. The molecule has 150 valence electrons. The third kappa shape index (κ3) is 2.10. The number of rotatable bonds is 1. The number of hydrogen-bond donors (Lipinski definition) is 0. The molecule has 0 fully saturated rings. The molecule has 0 saturated heterocycles. The zero-order chi connectivity index (χ0) is 21.3. The van der Waals surface area contributed by atoms with Gasteiger partial charge in [-0.05, 0) is 27.8 Å². The number of fused-ring (bicyclic) bond motifs is 10. The number of aromatic nitrogens is 2. The Morgan fingerprint density at radius 2 is 1.00 bits per heavy atom. The van der Waals surface area contributed by atoms with Crippen LogP contribution in [0.15, 0.2) is 103 Å². The number of nitrogens with zero attached hydrogens (tertiary/aromatic N) is 2. The van der Waals surface area contributed by atoms with Crippen LogP contribution in [-0.4, -0.2) is 9.97 Å². The maximum atomic E-state index is 6.73. The molecule has 0 saturated carbocycles. The van der Waals surface area contributed by atoms with Crippen LogP contribution < -0.4 is 0 Å². The van der Waals surface area contributed by atoms with Crippen molar-refractivity contribution >= 4 is 11.6 Å². The molecule has 1 aromatic heterocycles. The van der Waals surface area contributed by atoms with Crippen molar-refractivity contribution in [2.45, 2.75) is 5.41 Å². The maximum Gasteiger partial charge on any atom is 0.156 e. The van der Waals surface area contributed by atoms with Crippen molar-refractivity contribution in [2.75, 3.05) is 0 Å². The molecule has 1 spiro atoms. The Morgan fingerprint density at radius 3 is 1.62 bits per heavy atom. The van der Waals surface area contributed by atoms with E-state index < -0.39 is 5.41 Å². The fourth-order valence-electron chi connectivity index (χ4n) is 5.57. The second-order valence-electron chi connectivity index (χ2n) is 8.31. The lowest BCUT2D eigenvalue weighted by Gasteiger charge is -2.29. The molecule has 2 aliphatic rings. The minimum Gasteiger partial charge on any atom is -0.246 e.